The number of carbonyl (C=O) groups excluding carboxylic acids is 1. The van der Waals surface area contributed by atoms with Gasteiger partial charge in [-0.3, -0.25) is 19.1 Å². The van der Waals surface area contributed by atoms with E-state index >= 15 is 0 Å². The highest BCUT2D eigenvalue weighted by atomic mass is 35.5. The predicted molar refractivity (Wildman–Crippen MR) is 153 cm³/mol. The van der Waals surface area contributed by atoms with Crippen LogP contribution in [0.5, 0.6) is 0 Å². The Kier molecular flexibility index (Phi) is 8.69. The lowest BCUT2D eigenvalue weighted by Gasteiger charge is -2.29. The van der Waals surface area contributed by atoms with Crippen LogP contribution in [0.25, 0.3) is 10.9 Å². The maximum Gasteiger partial charge on any atom is 0.416 e. The van der Waals surface area contributed by atoms with Gasteiger partial charge in [-0.1, -0.05) is 30.2 Å². The van der Waals surface area contributed by atoms with E-state index in [0.29, 0.717) is 40.9 Å². The minimum Gasteiger partial charge on any atom is -0.349 e. The van der Waals surface area contributed by atoms with Crippen LogP contribution < -0.4 is 10.9 Å². The van der Waals surface area contributed by atoms with Crippen molar-refractivity contribution in [1.29, 1.82) is 0 Å². The zero-order chi connectivity index (χ0) is 28.4. The largest absolute Gasteiger partial charge is 0.416 e. The Morgan fingerprint density at radius 3 is 2.61 bits per heavy atom. The fourth-order valence-corrected chi connectivity index (χ4v) is 4.72. The maximum absolute atomic E-state index is 13.6. The highest BCUT2D eigenvalue weighted by Gasteiger charge is 2.30. The Balaban J connectivity index is 0.00000387. The van der Waals surface area contributed by atoms with Gasteiger partial charge in [0.2, 0.25) is 5.95 Å². The fourth-order valence-electron chi connectivity index (χ4n) is 4.72. The van der Waals surface area contributed by atoms with Crippen molar-refractivity contribution < 1.29 is 18.0 Å². The van der Waals surface area contributed by atoms with E-state index in [4.69, 9.17) is 4.98 Å². The number of aromatic nitrogens is 3. The zero-order valence-corrected chi connectivity index (χ0v) is 23.1. The molecule has 3 heterocycles. The fraction of sp³-hybridized carbons (Fsp3) is 0.267. The van der Waals surface area contributed by atoms with Crippen molar-refractivity contribution in [1.82, 2.24) is 19.4 Å². The molecule has 0 unspecified atom stereocenters. The molecule has 41 heavy (non-hydrogen) atoms. The Bertz CT molecular complexity index is 1710. The number of pyridine rings is 1. The minimum absolute atomic E-state index is 0. The van der Waals surface area contributed by atoms with Gasteiger partial charge in [-0.25, -0.2) is 4.98 Å². The van der Waals surface area contributed by atoms with E-state index in [0.717, 1.165) is 17.5 Å². The first-order valence-electron chi connectivity index (χ1n) is 12.8. The molecule has 7 nitrogen and oxygen atoms in total. The van der Waals surface area contributed by atoms with Crippen molar-refractivity contribution in [2.75, 3.05) is 11.9 Å². The molecule has 1 atom stereocenters. The first-order valence-corrected chi connectivity index (χ1v) is 12.8. The molecule has 0 radical (unpaired) electrons. The summed E-state index contributed by atoms with van der Waals surface area (Å²) < 4.78 is 40.3. The molecule has 4 aromatic rings. The third-order valence-corrected chi connectivity index (χ3v) is 6.95. The van der Waals surface area contributed by atoms with Gasteiger partial charge in [-0.05, 0) is 49.7 Å². The van der Waals surface area contributed by atoms with Gasteiger partial charge < -0.3 is 10.2 Å². The first-order chi connectivity index (χ1) is 19.2. The first kappa shape index (κ1) is 29.6. The molecule has 0 bridgehead atoms. The van der Waals surface area contributed by atoms with Gasteiger partial charge in [0.05, 0.1) is 41.5 Å². The van der Waals surface area contributed by atoms with Crippen molar-refractivity contribution >= 4 is 35.2 Å². The summed E-state index contributed by atoms with van der Waals surface area (Å²) in [5.74, 6) is 5.74. The van der Waals surface area contributed by atoms with Crippen LogP contribution in [0.1, 0.15) is 52.6 Å². The number of carbonyl (C=O) groups is 1. The normalized spacial score (nSPS) is 13.4. The lowest BCUT2D eigenvalue weighted by atomic mass is 10.0. The quantitative estimate of drug-likeness (QED) is 0.309. The van der Waals surface area contributed by atoms with Gasteiger partial charge in [0.25, 0.3) is 11.5 Å². The Morgan fingerprint density at radius 1 is 1.15 bits per heavy atom. The molecular weight excluding hydrogens is 555 g/mol. The van der Waals surface area contributed by atoms with Crippen LogP contribution in [0.4, 0.5) is 19.1 Å². The number of rotatable bonds is 5. The number of amides is 1. The standard InChI is InChI=1S/C30H26F3N5O2.ClH/c1-3-4-15-38-28(40)24-18-37(27(39)22-8-7-21-6-5-14-34-26(21)17-22)16-13-25(24)36-29(38)35-19(2)20-9-11-23(12-10-20)30(31,32)33;/h5-12,14,17,19H,13,15-16,18H2,1-2H3,(H,35,36);1H/t19-;/m0./s1. The van der Waals surface area contributed by atoms with Crippen molar-refractivity contribution in [3.05, 3.63) is 99.1 Å². The molecule has 1 amide bonds. The number of hydrogen-bond acceptors (Lipinski definition) is 5. The molecule has 5 rings (SSSR count). The van der Waals surface area contributed by atoms with Crippen LogP contribution in [0.3, 0.4) is 0 Å². The number of benzene rings is 2. The second kappa shape index (κ2) is 12.0. The third-order valence-electron chi connectivity index (χ3n) is 6.95. The lowest BCUT2D eigenvalue weighted by Crippen LogP contribution is -2.41. The van der Waals surface area contributed by atoms with E-state index in [2.05, 4.69) is 22.1 Å². The summed E-state index contributed by atoms with van der Waals surface area (Å²) in [6.45, 7) is 4.00. The molecule has 2 aromatic carbocycles. The summed E-state index contributed by atoms with van der Waals surface area (Å²) in [5, 5.41) is 4.11. The van der Waals surface area contributed by atoms with Crippen LogP contribution >= 0.6 is 12.4 Å². The summed E-state index contributed by atoms with van der Waals surface area (Å²) in [4.78, 5) is 37.6. The molecule has 0 aliphatic carbocycles. The van der Waals surface area contributed by atoms with Crippen LogP contribution in [0, 0.1) is 11.8 Å². The number of fused-ring (bicyclic) bond motifs is 2. The molecule has 1 N–H and O–H groups in total. The molecule has 1 aliphatic rings. The molecule has 11 heteroatoms. The average Bonchev–Trinajstić information content (AvgIpc) is 2.96. The molecule has 0 saturated heterocycles. The molecule has 1 aliphatic heterocycles. The molecular formula is C30H27ClF3N5O2. The summed E-state index contributed by atoms with van der Waals surface area (Å²) in [7, 11) is 0. The van der Waals surface area contributed by atoms with Gasteiger partial charge in [0.15, 0.2) is 0 Å². The van der Waals surface area contributed by atoms with Gasteiger partial charge in [-0.2, -0.15) is 13.2 Å². The molecule has 2 aromatic heterocycles. The molecule has 0 spiro atoms. The van der Waals surface area contributed by atoms with Gasteiger partial charge in [-0.15, -0.1) is 18.3 Å². The lowest BCUT2D eigenvalue weighted by molar-refractivity contribution is -0.137. The van der Waals surface area contributed by atoms with Crippen LogP contribution in [-0.4, -0.2) is 31.9 Å². The topological polar surface area (TPSA) is 80.1 Å². The summed E-state index contributed by atoms with van der Waals surface area (Å²) >= 11 is 0. The summed E-state index contributed by atoms with van der Waals surface area (Å²) in [5.41, 5.74) is 1.77. The van der Waals surface area contributed by atoms with Gasteiger partial charge in [0.1, 0.15) is 0 Å². The SMILES string of the molecule is CC#CCn1c(N[C@@H](C)c2ccc(C(F)(F)F)cc2)nc2c(c1=O)CN(C(=O)c1ccc3cccnc3c1)CC2.Cl. The van der Waals surface area contributed by atoms with Crippen LogP contribution in [-0.2, 0) is 25.7 Å². The second-order valence-electron chi connectivity index (χ2n) is 9.55. The van der Waals surface area contributed by atoms with Crippen molar-refractivity contribution in [2.24, 2.45) is 0 Å². The van der Waals surface area contributed by atoms with Crippen LogP contribution in [0.15, 0.2) is 65.6 Å². The third kappa shape index (κ3) is 6.20. The number of nitrogens with one attached hydrogen (secondary N) is 1. The van der Waals surface area contributed by atoms with Crippen molar-refractivity contribution in [2.45, 2.75) is 45.6 Å². The van der Waals surface area contributed by atoms with E-state index < -0.39 is 17.8 Å². The number of halogens is 4. The monoisotopic (exact) mass is 581 g/mol. The van der Waals surface area contributed by atoms with E-state index in [9.17, 15) is 22.8 Å². The highest BCUT2D eigenvalue weighted by Crippen LogP contribution is 2.30. The van der Waals surface area contributed by atoms with E-state index in [1.807, 2.05) is 18.2 Å². The van der Waals surface area contributed by atoms with Crippen molar-refractivity contribution in [3.8, 4) is 11.8 Å². The predicted octanol–water partition coefficient (Wildman–Crippen LogP) is 5.63. The van der Waals surface area contributed by atoms with Gasteiger partial charge >= 0.3 is 6.18 Å². The average molecular weight is 582 g/mol. The second-order valence-corrected chi connectivity index (χ2v) is 9.55. The number of nitrogens with zero attached hydrogens (tertiary/aromatic N) is 4. The molecule has 0 saturated carbocycles. The van der Waals surface area contributed by atoms with Crippen molar-refractivity contribution in [3.63, 3.8) is 0 Å². The summed E-state index contributed by atoms with van der Waals surface area (Å²) in [6.07, 6.45) is -2.37. The zero-order valence-electron chi connectivity index (χ0n) is 22.3. The van der Waals surface area contributed by atoms with E-state index in [1.165, 1.54) is 16.7 Å². The molecule has 0 fully saturated rings. The number of alkyl halides is 3. The Hall–Kier alpha value is -4.36. The van der Waals surface area contributed by atoms with Gasteiger partial charge in [0, 0.05) is 30.1 Å². The summed E-state index contributed by atoms with van der Waals surface area (Å²) in [6, 6.07) is 13.5. The minimum atomic E-state index is -4.42. The van der Waals surface area contributed by atoms with E-state index in [-0.39, 0.29) is 42.9 Å². The highest BCUT2D eigenvalue weighted by molar-refractivity contribution is 5.97. The van der Waals surface area contributed by atoms with E-state index in [1.54, 1.807) is 37.1 Å². The Labute approximate surface area is 240 Å². The smallest absolute Gasteiger partial charge is 0.349 e. The maximum atomic E-state index is 13.6. The number of hydrogen-bond donors (Lipinski definition) is 1. The Morgan fingerprint density at radius 2 is 1.90 bits per heavy atom. The van der Waals surface area contributed by atoms with Crippen LogP contribution in [0.2, 0.25) is 0 Å². The molecule has 212 valence electrons. The number of anilines is 1.